The van der Waals surface area contributed by atoms with Gasteiger partial charge in [-0.25, -0.2) is 0 Å². The molecule has 0 amide bonds. The summed E-state index contributed by atoms with van der Waals surface area (Å²) in [6, 6.07) is 8.17. The van der Waals surface area contributed by atoms with Gasteiger partial charge in [-0.1, -0.05) is 31.1 Å². The number of aliphatic hydroxyl groups is 1. The summed E-state index contributed by atoms with van der Waals surface area (Å²) in [5.74, 6) is 0. The smallest absolute Gasteiger partial charge is 0.100 e. The zero-order valence-corrected chi connectivity index (χ0v) is 12.2. The Hall–Kier alpha value is -0.350. The molecule has 1 nitrogen and oxygen atoms in total. The number of allylic oxidation sites excluding steroid dienone is 1. The van der Waals surface area contributed by atoms with E-state index >= 15 is 0 Å². The van der Waals surface area contributed by atoms with Crippen molar-refractivity contribution in [2.75, 3.05) is 0 Å². The van der Waals surface area contributed by atoms with Gasteiger partial charge in [0.2, 0.25) is 0 Å². The second-order valence-corrected chi connectivity index (χ2v) is 5.94. The van der Waals surface area contributed by atoms with E-state index in [4.69, 9.17) is 0 Å². The summed E-state index contributed by atoms with van der Waals surface area (Å²) in [4.78, 5) is 0. The fourth-order valence-electron chi connectivity index (χ4n) is 2.36. The van der Waals surface area contributed by atoms with E-state index in [9.17, 15) is 5.11 Å². The molecule has 1 unspecified atom stereocenters. The fourth-order valence-corrected chi connectivity index (χ4v) is 2.92. The molecule has 1 aromatic carbocycles. The van der Waals surface area contributed by atoms with Crippen molar-refractivity contribution in [3.8, 4) is 0 Å². The average Bonchev–Trinajstić information content (AvgIpc) is 2.28. The normalized spacial score (nSPS) is 22.1. The van der Waals surface area contributed by atoms with E-state index in [0.717, 1.165) is 18.4 Å². The highest BCUT2D eigenvalue weighted by molar-refractivity contribution is 14.1. The number of halogens is 1. The molecule has 1 aliphatic rings. The number of benzene rings is 1. The molecular formula is C15H19IO. The first kappa shape index (κ1) is 13.1. The minimum absolute atomic E-state index is 0.400. The van der Waals surface area contributed by atoms with E-state index < -0.39 is 6.10 Å². The summed E-state index contributed by atoms with van der Waals surface area (Å²) in [5.41, 5.74) is 2.25. The van der Waals surface area contributed by atoms with Crippen LogP contribution < -0.4 is 0 Å². The van der Waals surface area contributed by atoms with Gasteiger partial charge >= 0.3 is 0 Å². The van der Waals surface area contributed by atoms with Crippen LogP contribution in [-0.2, 0) is 0 Å². The van der Waals surface area contributed by atoms with Crippen LogP contribution in [0, 0.1) is 3.57 Å². The molecule has 0 fully saturated rings. The molecule has 0 saturated heterocycles. The summed E-state index contributed by atoms with van der Waals surface area (Å²) in [7, 11) is 0. The van der Waals surface area contributed by atoms with Gasteiger partial charge in [-0.05, 0) is 71.5 Å². The highest BCUT2D eigenvalue weighted by atomic mass is 127. The maximum absolute atomic E-state index is 10.4. The van der Waals surface area contributed by atoms with Crippen LogP contribution in [0.3, 0.4) is 0 Å². The van der Waals surface area contributed by atoms with Crippen LogP contribution in [0.1, 0.15) is 50.2 Å². The van der Waals surface area contributed by atoms with Gasteiger partial charge in [-0.2, -0.15) is 0 Å². The van der Waals surface area contributed by atoms with Crippen LogP contribution in [0.5, 0.6) is 0 Å². The van der Waals surface area contributed by atoms with Crippen molar-refractivity contribution in [1.82, 2.24) is 0 Å². The van der Waals surface area contributed by atoms with E-state index in [1.165, 1.54) is 34.8 Å². The van der Waals surface area contributed by atoms with Crippen LogP contribution in [-0.4, -0.2) is 5.11 Å². The van der Waals surface area contributed by atoms with Gasteiger partial charge in [0.05, 0.1) is 0 Å². The van der Waals surface area contributed by atoms with Crippen molar-refractivity contribution in [2.24, 2.45) is 0 Å². The molecule has 1 aromatic rings. The van der Waals surface area contributed by atoms with Crippen molar-refractivity contribution < 1.29 is 5.11 Å². The first-order valence-corrected chi connectivity index (χ1v) is 7.48. The van der Waals surface area contributed by atoms with Crippen LogP contribution in [0.15, 0.2) is 35.9 Å². The predicted molar refractivity (Wildman–Crippen MR) is 79.9 cm³/mol. The molecule has 0 radical (unpaired) electrons. The minimum atomic E-state index is -0.400. The molecule has 2 heteroatoms. The molecule has 17 heavy (non-hydrogen) atoms. The Morgan fingerprint density at radius 2 is 1.94 bits per heavy atom. The molecule has 92 valence electrons. The van der Waals surface area contributed by atoms with Crippen molar-refractivity contribution >= 4 is 22.6 Å². The molecule has 1 aliphatic carbocycles. The van der Waals surface area contributed by atoms with Crippen LogP contribution >= 0.6 is 22.6 Å². The Labute approximate surface area is 117 Å². The number of hydrogen-bond acceptors (Lipinski definition) is 1. The van der Waals surface area contributed by atoms with Gasteiger partial charge in [0.1, 0.15) is 6.10 Å². The van der Waals surface area contributed by atoms with Gasteiger partial charge in [0, 0.05) is 3.57 Å². The van der Waals surface area contributed by atoms with E-state index in [0.29, 0.717) is 0 Å². The number of aliphatic hydroxyl groups excluding tert-OH is 1. The molecule has 0 spiro atoms. The van der Waals surface area contributed by atoms with Crippen molar-refractivity contribution in [2.45, 2.75) is 44.6 Å². The molecule has 0 aliphatic heterocycles. The lowest BCUT2D eigenvalue weighted by molar-refractivity contribution is 0.209. The second kappa shape index (κ2) is 6.55. The van der Waals surface area contributed by atoms with Crippen molar-refractivity contribution in [1.29, 1.82) is 0 Å². The standard InChI is InChI=1S/C15H19IO/c16-14-10-6-9-13(11-14)15(17)12-7-4-2-1-3-5-8-12/h6-7,9-11,15,17H,1-5,8H2/b12-7+. The lowest BCUT2D eigenvalue weighted by Crippen LogP contribution is -2.03. The van der Waals surface area contributed by atoms with E-state index in [1.54, 1.807) is 0 Å². The van der Waals surface area contributed by atoms with Gasteiger partial charge in [-0.15, -0.1) is 0 Å². The highest BCUT2D eigenvalue weighted by Gasteiger charge is 2.14. The molecule has 0 heterocycles. The van der Waals surface area contributed by atoms with Crippen molar-refractivity contribution in [3.05, 3.63) is 45.0 Å². The summed E-state index contributed by atoms with van der Waals surface area (Å²) in [6.07, 6.45) is 9.14. The molecule has 0 saturated carbocycles. The molecular weight excluding hydrogens is 323 g/mol. The number of hydrogen-bond donors (Lipinski definition) is 1. The third kappa shape index (κ3) is 3.81. The fraction of sp³-hybridized carbons (Fsp3) is 0.467. The molecule has 1 N–H and O–H groups in total. The highest BCUT2D eigenvalue weighted by Crippen LogP contribution is 2.29. The monoisotopic (exact) mass is 342 g/mol. The third-order valence-corrected chi connectivity index (χ3v) is 4.01. The number of rotatable bonds is 2. The molecule has 2 rings (SSSR count). The minimum Gasteiger partial charge on any atom is -0.384 e. The quantitative estimate of drug-likeness (QED) is 0.615. The van der Waals surface area contributed by atoms with Crippen molar-refractivity contribution in [3.63, 3.8) is 0 Å². The summed E-state index contributed by atoms with van der Waals surface area (Å²) in [6.45, 7) is 0. The Morgan fingerprint density at radius 1 is 1.12 bits per heavy atom. The summed E-state index contributed by atoms with van der Waals surface area (Å²) in [5, 5.41) is 10.4. The van der Waals surface area contributed by atoms with Gasteiger partial charge < -0.3 is 5.11 Å². The summed E-state index contributed by atoms with van der Waals surface area (Å²) < 4.78 is 1.19. The molecule has 0 bridgehead atoms. The Bertz CT molecular complexity index is 398. The van der Waals surface area contributed by atoms with Crippen LogP contribution in [0.25, 0.3) is 0 Å². The maximum atomic E-state index is 10.4. The zero-order valence-electron chi connectivity index (χ0n) is 10.0. The van der Waals surface area contributed by atoms with Gasteiger partial charge in [-0.3, -0.25) is 0 Å². The predicted octanol–water partition coefficient (Wildman–Crippen LogP) is 4.61. The Balaban J connectivity index is 2.14. The Kier molecular flexibility index (Phi) is 5.04. The van der Waals surface area contributed by atoms with E-state index in [2.05, 4.69) is 40.8 Å². The lowest BCUT2D eigenvalue weighted by Gasteiger charge is -2.18. The third-order valence-electron chi connectivity index (χ3n) is 3.34. The zero-order chi connectivity index (χ0) is 12.1. The first-order chi connectivity index (χ1) is 8.27. The first-order valence-electron chi connectivity index (χ1n) is 6.40. The lowest BCUT2D eigenvalue weighted by atomic mass is 9.93. The van der Waals surface area contributed by atoms with Gasteiger partial charge in [0.25, 0.3) is 0 Å². The van der Waals surface area contributed by atoms with E-state index in [-0.39, 0.29) is 0 Å². The largest absolute Gasteiger partial charge is 0.384 e. The average molecular weight is 342 g/mol. The summed E-state index contributed by atoms with van der Waals surface area (Å²) >= 11 is 2.29. The molecule has 0 aromatic heterocycles. The van der Waals surface area contributed by atoms with Crippen LogP contribution in [0.4, 0.5) is 0 Å². The Morgan fingerprint density at radius 3 is 2.76 bits per heavy atom. The SMILES string of the molecule is OC(/C1=C/CCCCCC1)c1cccc(I)c1. The maximum Gasteiger partial charge on any atom is 0.100 e. The molecule has 1 atom stereocenters. The van der Waals surface area contributed by atoms with Crippen LogP contribution in [0.2, 0.25) is 0 Å². The second-order valence-electron chi connectivity index (χ2n) is 4.69. The van der Waals surface area contributed by atoms with E-state index in [1.807, 2.05) is 12.1 Å². The van der Waals surface area contributed by atoms with Gasteiger partial charge in [0.15, 0.2) is 0 Å². The topological polar surface area (TPSA) is 20.2 Å².